The van der Waals surface area contributed by atoms with Gasteiger partial charge in [-0.1, -0.05) is 43.3 Å². The number of nitrogens with zero attached hydrogens (tertiary/aromatic N) is 2. The fourth-order valence-corrected chi connectivity index (χ4v) is 4.15. The Hall–Kier alpha value is -2.33. The van der Waals surface area contributed by atoms with Gasteiger partial charge in [0.2, 0.25) is 5.91 Å². The van der Waals surface area contributed by atoms with E-state index in [0.717, 1.165) is 44.7 Å². The van der Waals surface area contributed by atoms with Crippen LogP contribution in [0.1, 0.15) is 37.3 Å². The molecule has 0 atom stereocenters. The van der Waals surface area contributed by atoms with Crippen LogP contribution in [0.15, 0.2) is 48.5 Å². The van der Waals surface area contributed by atoms with Crippen LogP contribution in [0.3, 0.4) is 0 Å². The number of rotatable bonds is 7. The monoisotopic (exact) mass is 379 g/mol. The minimum Gasteiger partial charge on any atom is -0.383 e. The van der Waals surface area contributed by atoms with Gasteiger partial charge >= 0.3 is 0 Å². The molecule has 150 valence electrons. The molecule has 0 unspecified atom stereocenters. The van der Waals surface area contributed by atoms with Gasteiger partial charge in [0, 0.05) is 50.0 Å². The molecule has 1 N–H and O–H groups in total. The molecule has 0 radical (unpaired) electrons. The van der Waals surface area contributed by atoms with Crippen molar-refractivity contribution in [3.8, 4) is 0 Å². The zero-order valence-electron chi connectivity index (χ0n) is 17.4. The van der Waals surface area contributed by atoms with Crippen molar-refractivity contribution in [2.75, 3.05) is 36.4 Å². The third-order valence-corrected chi connectivity index (χ3v) is 5.74. The first-order chi connectivity index (χ1) is 13.6. The van der Waals surface area contributed by atoms with E-state index in [1.807, 2.05) is 42.2 Å². The van der Waals surface area contributed by atoms with Gasteiger partial charge in [-0.2, -0.15) is 0 Å². The Morgan fingerprint density at radius 3 is 2.29 bits per heavy atom. The normalized spacial score (nSPS) is 15.4. The number of benzene rings is 2. The first-order valence-electron chi connectivity index (χ1n) is 10.5. The molecular weight excluding hydrogens is 346 g/mol. The predicted octanol–water partition coefficient (Wildman–Crippen LogP) is 4.62. The molecule has 0 aromatic heterocycles. The van der Waals surface area contributed by atoms with Crippen LogP contribution in [-0.4, -0.2) is 43.0 Å². The molecule has 28 heavy (non-hydrogen) atoms. The van der Waals surface area contributed by atoms with E-state index in [2.05, 4.69) is 42.3 Å². The van der Waals surface area contributed by atoms with E-state index in [-0.39, 0.29) is 5.91 Å². The summed E-state index contributed by atoms with van der Waals surface area (Å²) >= 11 is 0. The third kappa shape index (κ3) is 4.93. The fourth-order valence-electron chi connectivity index (χ4n) is 4.15. The summed E-state index contributed by atoms with van der Waals surface area (Å²) < 4.78 is 0. The van der Waals surface area contributed by atoms with E-state index in [1.165, 1.54) is 16.8 Å². The largest absolute Gasteiger partial charge is 0.383 e. The SMILES string of the molecule is CCC(=O)N(c1ccccc1)C1CCN(CCNc2c(C)cccc2C)CC1. The maximum Gasteiger partial charge on any atom is 0.226 e. The van der Waals surface area contributed by atoms with Gasteiger partial charge in [-0.05, 0) is 49.9 Å². The van der Waals surface area contributed by atoms with Crippen LogP contribution < -0.4 is 10.2 Å². The first kappa shape index (κ1) is 20.4. The molecule has 0 spiro atoms. The van der Waals surface area contributed by atoms with Crippen LogP contribution in [-0.2, 0) is 4.79 Å². The number of para-hydroxylation sites is 2. The molecule has 3 rings (SSSR count). The minimum atomic E-state index is 0.223. The molecule has 2 aromatic carbocycles. The highest BCUT2D eigenvalue weighted by atomic mass is 16.2. The number of nitrogens with one attached hydrogen (secondary N) is 1. The lowest BCUT2D eigenvalue weighted by atomic mass is 10.0. The summed E-state index contributed by atoms with van der Waals surface area (Å²) in [4.78, 5) is 17.1. The standard InChI is InChI=1S/C24H33N3O/c1-4-23(28)27(21-11-6-5-7-12-21)22-13-16-26(17-14-22)18-15-25-24-19(2)9-8-10-20(24)3/h5-12,22,25H,4,13-18H2,1-3H3. The molecule has 4 nitrogen and oxygen atoms in total. The highest BCUT2D eigenvalue weighted by Gasteiger charge is 2.28. The van der Waals surface area contributed by atoms with Crippen LogP contribution in [0.25, 0.3) is 0 Å². The van der Waals surface area contributed by atoms with E-state index in [9.17, 15) is 4.79 Å². The van der Waals surface area contributed by atoms with Crippen molar-refractivity contribution in [1.82, 2.24) is 4.90 Å². The zero-order chi connectivity index (χ0) is 19.9. The van der Waals surface area contributed by atoms with Gasteiger partial charge in [-0.15, -0.1) is 0 Å². The maximum atomic E-state index is 12.6. The number of carbonyl (C=O) groups is 1. The van der Waals surface area contributed by atoms with E-state index in [1.54, 1.807) is 0 Å². The molecule has 1 saturated heterocycles. The highest BCUT2D eigenvalue weighted by Crippen LogP contribution is 2.25. The Kier molecular flexibility index (Phi) is 7.10. The molecule has 1 aliphatic heterocycles. The van der Waals surface area contributed by atoms with Crippen molar-refractivity contribution in [3.63, 3.8) is 0 Å². The smallest absolute Gasteiger partial charge is 0.226 e. The topological polar surface area (TPSA) is 35.6 Å². The number of likely N-dealkylation sites (tertiary alicyclic amines) is 1. The fraction of sp³-hybridized carbons (Fsp3) is 0.458. The summed E-state index contributed by atoms with van der Waals surface area (Å²) in [6, 6.07) is 16.9. The average Bonchev–Trinajstić information content (AvgIpc) is 2.72. The quantitative estimate of drug-likeness (QED) is 0.762. The summed E-state index contributed by atoms with van der Waals surface area (Å²) in [5.74, 6) is 0.223. The van der Waals surface area contributed by atoms with Crippen LogP contribution in [0.4, 0.5) is 11.4 Å². The minimum absolute atomic E-state index is 0.223. The summed E-state index contributed by atoms with van der Waals surface area (Å²) in [7, 11) is 0. The zero-order valence-corrected chi connectivity index (χ0v) is 17.4. The second-order valence-corrected chi connectivity index (χ2v) is 7.72. The van der Waals surface area contributed by atoms with Gasteiger partial charge in [-0.25, -0.2) is 0 Å². The predicted molar refractivity (Wildman–Crippen MR) is 118 cm³/mol. The van der Waals surface area contributed by atoms with Crippen LogP contribution in [0.5, 0.6) is 0 Å². The van der Waals surface area contributed by atoms with Gasteiger partial charge < -0.3 is 15.1 Å². The summed E-state index contributed by atoms with van der Waals surface area (Å²) in [6.07, 6.45) is 2.61. The summed E-state index contributed by atoms with van der Waals surface area (Å²) in [6.45, 7) is 10.3. The average molecular weight is 380 g/mol. The van der Waals surface area contributed by atoms with Crippen molar-refractivity contribution in [2.45, 2.75) is 46.1 Å². The molecule has 1 heterocycles. The highest BCUT2D eigenvalue weighted by molar-refractivity contribution is 5.93. The van der Waals surface area contributed by atoms with E-state index >= 15 is 0 Å². The molecule has 1 amide bonds. The Bertz CT molecular complexity index is 746. The second kappa shape index (κ2) is 9.74. The molecule has 1 fully saturated rings. The molecule has 0 saturated carbocycles. The van der Waals surface area contributed by atoms with Crippen molar-refractivity contribution >= 4 is 17.3 Å². The lowest BCUT2D eigenvalue weighted by Gasteiger charge is -2.38. The Morgan fingerprint density at radius 2 is 1.68 bits per heavy atom. The van der Waals surface area contributed by atoms with Crippen LogP contribution >= 0.6 is 0 Å². The van der Waals surface area contributed by atoms with Crippen LogP contribution in [0.2, 0.25) is 0 Å². The van der Waals surface area contributed by atoms with E-state index < -0.39 is 0 Å². The molecule has 0 aliphatic carbocycles. The number of piperidine rings is 1. The van der Waals surface area contributed by atoms with Gasteiger partial charge in [0.25, 0.3) is 0 Å². The Labute approximate surface area is 169 Å². The number of carbonyl (C=O) groups excluding carboxylic acids is 1. The van der Waals surface area contributed by atoms with E-state index in [0.29, 0.717) is 12.5 Å². The van der Waals surface area contributed by atoms with Crippen molar-refractivity contribution in [2.24, 2.45) is 0 Å². The lowest BCUT2D eigenvalue weighted by molar-refractivity contribution is -0.119. The van der Waals surface area contributed by atoms with Gasteiger partial charge in [0.05, 0.1) is 0 Å². The van der Waals surface area contributed by atoms with Gasteiger partial charge in [0.1, 0.15) is 0 Å². The van der Waals surface area contributed by atoms with Gasteiger partial charge in [0.15, 0.2) is 0 Å². The Balaban J connectivity index is 1.52. The van der Waals surface area contributed by atoms with Crippen LogP contribution in [0, 0.1) is 13.8 Å². The summed E-state index contributed by atoms with van der Waals surface area (Å²) in [5, 5.41) is 3.61. The van der Waals surface area contributed by atoms with E-state index in [4.69, 9.17) is 0 Å². The van der Waals surface area contributed by atoms with Crippen molar-refractivity contribution < 1.29 is 4.79 Å². The number of hydrogen-bond acceptors (Lipinski definition) is 3. The molecule has 2 aromatic rings. The number of amides is 1. The lowest BCUT2D eigenvalue weighted by Crippen LogP contribution is -2.48. The maximum absolute atomic E-state index is 12.6. The van der Waals surface area contributed by atoms with Crippen molar-refractivity contribution in [1.29, 1.82) is 0 Å². The first-order valence-corrected chi connectivity index (χ1v) is 10.5. The molecule has 0 bridgehead atoms. The Morgan fingerprint density at radius 1 is 1.04 bits per heavy atom. The van der Waals surface area contributed by atoms with Gasteiger partial charge in [-0.3, -0.25) is 4.79 Å². The molecular formula is C24H33N3O. The second-order valence-electron chi connectivity index (χ2n) is 7.72. The molecule has 1 aliphatic rings. The molecule has 4 heteroatoms. The van der Waals surface area contributed by atoms with Crippen molar-refractivity contribution in [3.05, 3.63) is 59.7 Å². The summed E-state index contributed by atoms with van der Waals surface area (Å²) in [5.41, 5.74) is 4.90. The third-order valence-electron chi connectivity index (χ3n) is 5.74. The number of aryl methyl sites for hydroxylation is 2. The number of anilines is 2. The number of hydrogen-bond donors (Lipinski definition) is 1.